The highest BCUT2D eigenvalue weighted by Gasteiger charge is 2.12. The topological polar surface area (TPSA) is 54.5 Å². The van der Waals surface area contributed by atoms with Gasteiger partial charge in [-0.05, 0) is 10.8 Å². The van der Waals surface area contributed by atoms with Crippen LogP contribution in [0, 0.1) is 0 Å². The van der Waals surface area contributed by atoms with E-state index in [0.717, 1.165) is 15.7 Å². The van der Waals surface area contributed by atoms with Gasteiger partial charge in [-0.2, -0.15) is 0 Å². The number of fused-ring (bicyclic) bond motifs is 1. The maximum absolute atomic E-state index is 12.0. The Balaban J connectivity index is 2.39. The van der Waals surface area contributed by atoms with Gasteiger partial charge in [0.25, 0.3) is 0 Å². The number of nitrogens with zero attached hydrogens (tertiary/aromatic N) is 1. The van der Waals surface area contributed by atoms with Gasteiger partial charge in [0.05, 0.1) is 6.54 Å². The van der Waals surface area contributed by atoms with Crippen molar-refractivity contribution in [3.63, 3.8) is 0 Å². The third kappa shape index (κ3) is 2.27. The average molecular weight is 241 g/mol. The van der Waals surface area contributed by atoms with Crippen molar-refractivity contribution in [2.24, 2.45) is 0 Å². The Morgan fingerprint density at radius 1 is 1.00 bits per heavy atom. The summed E-state index contributed by atoms with van der Waals surface area (Å²) < 4.78 is 0. The number of ketones is 1. The molecular weight excluding hydrogens is 230 g/mol. The number of Topliss-reactive ketones (excluding diaryl/α,β-unsaturated/α-hetero) is 1. The van der Waals surface area contributed by atoms with Crippen LogP contribution in [0.25, 0.3) is 10.8 Å². The quantitative estimate of drug-likeness (QED) is 0.590. The Morgan fingerprint density at radius 3 is 2.39 bits per heavy atom. The molecule has 2 aromatic carbocycles. The number of benzene rings is 2. The molecule has 0 aliphatic heterocycles. The van der Waals surface area contributed by atoms with Crippen LogP contribution >= 0.6 is 0 Å². The zero-order chi connectivity index (χ0) is 13.0. The minimum atomic E-state index is -0.258. The minimum absolute atomic E-state index is 0.235. The van der Waals surface area contributed by atoms with Gasteiger partial charge in [-0.15, -0.1) is 0 Å². The van der Waals surface area contributed by atoms with Crippen molar-refractivity contribution >= 4 is 29.4 Å². The van der Waals surface area contributed by atoms with Crippen molar-refractivity contribution in [3.05, 3.63) is 48.0 Å². The molecule has 0 aliphatic rings. The monoisotopic (exact) mass is 241 g/mol. The third-order valence-corrected chi connectivity index (χ3v) is 2.69. The van der Waals surface area contributed by atoms with Crippen molar-refractivity contribution in [2.75, 3.05) is 6.54 Å². The number of hydrogen-bond donors (Lipinski definition) is 0. The van der Waals surface area contributed by atoms with Crippen LogP contribution < -0.4 is 0 Å². The molecule has 2 rings (SSSR count). The number of amides is 2. The summed E-state index contributed by atoms with van der Waals surface area (Å²) in [6.45, 7) is -0.235. The van der Waals surface area contributed by atoms with Crippen LogP contribution in [0.4, 0.5) is 0 Å². The van der Waals surface area contributed by atoms with Crippen molar-refractivity contribution in [3.8, 4) is 0 Å². The van der Waals surface area contributed by atoms with Gasteiger partial charge in [0.15, 0.2) is 5.78 Å². The highest BCUT2D eigenvalue weighted by atomic mass is 16.2. The van der Waals surface area contributed by atoms with Crippen LogP contribution in [0.15, 0.2) is 42.5 Å². The highest BCUT2D eigenvalue weighted by Crippen LogP contribution is 2.18. The van der Waals surface area contributed by atoms with Gasteiger partial charge in [-0.3, -0.25) is 19.3 Å². The third-order valence-electron chi connectivity index (χ3n) is 2.69. The average Bonchev–Trinajstić information content (AvgIpc) is 2.43. The largest absolute Gasteiger partial charge is 0.292 e. The number of rotatable bonds is 5. The molecule has 0 N–H and O–H groups in total. The van der Waals surface area contributed by atoms with Crippen LogP contribution in [0.3, 0.4) is 0 Å². The van der Waals surface area contributed by atoms with Crippen LogP contribution in [0.5, 0.6) is 0 Å². The van der Waals surface area contributed by atoms with Gasteiger partial charge in [0.2, 0.25) is 12.8 Å². The zero-order valence-electron chi connectivity index (χ0n) is 9.58. The molecule has 0 saturated heterocycles. The smallest absolute Gasteiger partial charge is 0.216 e. The maximum Gasteiger partial charge on any atom is 0.216 e. The normalized spacial score (nSPS) is 10.0. The van der Waals surface area contributed by atoms with Crippen molar-refractivity contribution < 1.29 is 14.4 Å². The highest BCUT2D eigenvalue weighted by molar-refractivity contribution is 6.09. The first-order chi connectivity index (χ1) is 8.76. The number of hydrogen-bond acceptors (Lipinski definition) is 3. The van der Waals surface area contributed by atoms with E-state index < -0.39 is 0 Å². The second kappa shape index (κ2) is 5.23. The Kier molecular flexibility index (Phi) is 3.48. The predicted molar refractivity (Wildman–Crippen MR) is 67.1 cm³/mol. The second-order valence-electron chi connectivity index (χ2n) is 3.83. The molecule has 0 radical (unpaired) electrons. The van der Waals surface area contributed by atoms with Gasteiger partial charge < -0.3 is 0 Å². The zero-order valence-corrected chi connectivity index (χ0v) is 9.58. The lowest BCUT2D eigenvalue weighted by molar-refractivity contribution is -0.128. The minimum Gasteiger partial charge on any atom is -0.292 e. The standard InChI is InChI=1S/C14H11NO3/c16-9-15(10-17)8-14(18)13-7-3-5-11-4-1-2-6-12(11)13/h1-7,9-10H,8H2. The first-order valence-corrected chi connectivity index (χ1v) is 5.43. The van der Waals surface area contributed by atoms with E-state index in [1.807, 2.05) is 30.3 Å². The maximum atomic E-state index is 12.0. The molecule has 0 heterocycles. The van der Waals surface area contributed by atoms with E-state index in [9.17, 15) is 14.4 Å². The summed E-state index contributed by atoms with van der Waals surface area (Å²) in [5.74, 6) is -0.258. The number of imide groups is 1. The molecular formula is C14H11NO3. The second-order valence-corrected chi connectivity index (χ2v) is 3.83. The van der Waals surface area contributed by atoms with E-state index in [4.69, 9.17) is 0 Å². The molecule has 0 unspecified atom stereocenters. The Labute approximate surface area is 104 Å². The van der Waals surface area contributed by atoms with E-state index in [1.165, 1.54) is 0 Å². The number of carbonyl (C=O) groups is 3. The molecule has 2 amide bonds. The first-order valence-electron chi connectivity index (χ1n) is 5.43. The predicted octanol–water partition coefficient (Wildman–Crippen LogP) is 1.64. The molecule has 90 valence electrons. The van der Waals surface area contributed by atoms with Gasteiger partial charge in [0.1, 0.15) is 0 Å². The summed E-state index contributed by atoms with van der Waals surface area (Å²) in [7, 11) is 0. The molecule has 0 aromatic heterocycles. The summed E-state index contributed by atoms with van der Waals surface area (Å²) in [6, 6.07) is 12.9. The summed E-state index contributed by atoms with van der Waals surface area (Å²) in [4.78, 5) is 33.8. The fourth-order valence-corrected chi connectivity index (χ4v) is 1.82. The molecule has 0 fully saturated rings. The molecule has 0 spiro atoms. The van der Waals surface area contributed by atoms with Crippen molar-refractivity contribution in [1.82, 2.24) is 4.90 Å². The summed E-state index contributed by atoms with van der Waals surface area (Å²) in [5.41, 5.74) is 0.516. The molecule has 4 heteroatoms. The SMILES string of the molecule is O=CN(C=O)CC(=O)c1cccc2ccccc12. The van der Waals surface area contributed by atoms with E-state index >= 15 is 0 Å². The number of carbonyl (C=O) groups excluding carboxylic acids is 3. The van der Waals surface area contributed by atoms with Crippen LogP contribution in [-0.4, -0.2) is 30.0 Å². The first kappa shape index (κ1) is 12.0. The van der Waals surface area contributed by atoms with Crippen LogP contribution in [0.2, 0.25) is 0 Å². The van der Waals surface area contributed by atoms with Crippen LogP contribution in [-0.2, 0) is 9.59 Å². The lowest BCUT2D eigenvalue weighted by Gasteiger charge is -2.09. The summed E-state index contributed by atoms with van der Waals surface area (Å²) >= 11 is 0. The molecule has 0 bridgehead atoms. The Hall–Kier alpha value is -2.49. The molecule has 0 atom stereocenters. The van der Waals surface area contributed by atoms with Crippen molar-refractivity contribution in [1.29, 1.82) is 0 Å². The molecule has 0 aliphatic carbocycles. The Bertz CT molecular complexity index is 594. The van der Waals surface area contributed by atoms with E-state index in [-0.39, 0.29) is 12.3 Å². The lowest BCUT2D eigenvalue weighted by Crippen LogP contribution is -2.27. The van der Waals surface area contributed by atoms with E-state index in [1.54, 1.807) is 12.1 Å². The van der Waals surface area contributed by atoms with Gasteiger partial charge in [-0.25, -0.2) is 0 Å². The molecule has 4 nitrogen and oxygen atoms in total. The molecule has 0 saturated carbocycles. The Morgan fingerprint density at radius 2 is 1.67 bits per heavy atom. The van der Waals surface area contributed by atoms with Gasteiger partial charge in [-0.1, -0.05) is 42.5 Å². The lowest BCUT2D eigenvalue weighted by atomic mass is 10.0. The van der Waals surface area contributed by atoms with E-state index in [0.29, 0.717) is 18.4 Å². The summed E-state index contributed by atoms with van der Waals surface area (Å²) in [5, 5.41) is 1.77. The fraction of sp³-hybridized carbons (Fsp3) is 0.0714. The molecule has 18 heavy (non-hydrogen) atoms. The summed E-state index contributed by atoms with van der Waals surface area (Å²) in [6.07, 6.45) is 0.687. The van der Waals surface area contributed by atoms with Gasteiger partial charge >= 0.3 is 0 Å². The van der Waals surface area contributed by atoms with E-state index in [2.05, 4.69) is 0 Å². The fourth-order valence-electron chi connectivity index (χ4n) is 1.82. The van der Waals surface area contributed by atoms with Gasteiger partial charge in [0, 0.05) is 5.56 Å². The van der Waals surface area contributed by atoms with Crippen molar-refractivity contribution in [2.45, 2.75) is 0 Å². The molecule has 2 aromatic rings. The van der Waals surface area contributed by atoms with Crippen LogP contribution in [0.1, 0.15) is 10.4 Å².